The van der Waals surface area contributed by atoms with Gasteiger partial charge in [0.2, 0.25) is 0 Å². The Morgan fingerprint density at radius 3 is 2.30 bits per heavy atom. The number of hydrogen-bond acceptors (Lipinski definition) is 2. The molecule has 0 spiro atoms. The molecule has 0 unspecified atom stereocenters. The van der Waals surface area contributed by atoms with Crippen LogP contribution in [-0.4, -0.2) is 22.4 Å². The van der Waals surface area contributed by atoms with E-state index in [1.165, 1.54) is 36.8 Å². The van der Waals surface area contributed by atoms with Crippen LogP contribution in [0.1, 0.15) is 93.4 Å². The summed E-state index contributed by atoms with van der Waals surface area (Å²) in [6, 6.07) is 0. The van der Waals surface area contributed by atoms with Crippen LogP contribution in [0.15, 0.2) is 23.3 Å². The van der Waals surface area contributed by atoms with E-state index in [-0.39, 0.29) is 39.3 Å². The highest BCUT2D eigenvalue weighted by Gasteiger charge is 2.70. The number of hydrogen-bond donors (Lipinski definition) is 2. The maximum Gasteiger partial charge on any atom is 0.0594 e. The molecule has 0 bridgehead atoms. The monoisotopic (exact) mass is 412 g/mol. The maximum absolute atomic E-state index is 11.8. The van der Waals surface area contributed by atoms with E-state index in [2.05, 4.69) is 60.6 Å². The second kappa shape index (κ2) is 6.04. The Morgan fingerprint density at radius 1 is 0.900 bits per heavy atom. The largest absolute Gasteiger partial charge is 0.393 e. The number of aliphatic hydroxyl groups excluding tert-OH is 2. The lowest BCUT2D eigenvalue weighted by Gasteiger charge is -2.72. The number of fused-ring (bicyclic) bond motifs is 7. The van der Waals surface area contributed by atoms with Gasteiger partial charge in [-0.15, -0.1) is 0 Å². The average Bonchev–Trinajstić information content (AvgIpc) is 2.95. The molecule has 5 rings (SSSR count). The number of rotatable bonds is 0. The molecule has 0 saturated heterocycles. The minimum Gasteiger partial charge on any atom is -0.393 e. The predicted octanol–water partition coefficient (Wildman–Crippen LogP) is 6.28. The van der Waals surface area contributed by atoms with Gasteiger partial charge in [-0.2, -0.15) is 0 Å². The summed E-state index contributed by atoms with van der Waals surface area (Å²) in [4.78, 5) is 0. The van der Waals surface area contributed by atoms with Crippen molar-refractivity contribution in [1.82, 2.24) is 0 Å². The van der Waals surface area contributed by atoms with Gasteiger partial charge in [0.05, 0.1) is 12.2 Å². The van der Waals surface area contributed by atoms with Gasteiger partial charge in [-0.25, -0.2) is 0 Å². The first kappa shape index (κ1) is 21.3. The van der Waals surface area contributed by atoms with Crippen molar-refractivity contribution in [2.75, 3.05) is 0 Å². The molecule has 0 aromatic heterocycles. The van der Waals surface area contributed by atoms with E-state index in [0.29, 0.717) is 17.8 Å². The fraction of sp³-hybridized carbons (Fsp3) is 0.857. The van der Waals surface area contributed by atoms with Crippen LogP contribution in [0.5, 0.6) is 0 Å². The Kier molecular flexibility index (Phi) is 4.28. The fourth-order valence-corrected chi connectivity index (χ4v) is 10.3. The highest BCUT2D eigenvalue weighted by Crippen LogP contribution is 2.75. The second-order valence-corrected chi connectivity index (χ2v) is 13.5. The van der Waals surface area contributed by atoms with Gasteiger partial charge in [0.25, 0.3) is 0 Å². The molecular formula is C28H44O2. The smallest absolute Gasteiger partial charge is 0.0594 e. The van der Waals surface area contributed by atoms with Crippen LogP contribution in [0.2, 0.25) is 0 Å². The van der Waals surface area contributed by atoms with Crippen molar-refractivity contribution < 1.29 is 10.2 Å². The summed E-state index contributed by atoms with van der Waals surface area (Å²) in [7, 11) is 0. The predicted molar refractivity (Wildman–Crippen MR) is 123 cm³/mol. The summed E-state index contributed by atoms with van der Waals surface area (Å²) in [5.74, 6) is 1.35. The van der Waals surface area contributed by atoms with E-state index >= 15 is 0 Å². The zero-order valence-electron chi connectivity index (χ0n) is 20.4. The lowest BCUT2D eigenvalue weighted by atomic mass is 9.32. The van der Waals surface area contributed by atoms with Gasteiger partial charge in [-0.05, 0) is 96.4 Å². The van der Waals surface area contributed by atoms with E-state index < -0.39 is 0 Å². The minimum atomic E-state index is -0.241. The van der Waals surface area contributed by atoms with Crippen LogP contribution < -0.4 is 0 Å². The third-order valence-corrected chi connectivity index (χ3v) is 12.1. The third kappa shape index (κ3) is 2.24. The minimum absolute atomic E-state index is 0.0202. The first-order chi connectivity index (χ1) is 13.8. The van der Waals surface area contributed by atoms with Crippen molar-refractivity contribution >= 4 is 0 Å². The topological polar surface area (TPSA) is 40.5 Å². The summed E-state index contributed by atoms with van der Waals surface area (Å²) in [5, 5.41) is 22.6. The molecule has 5 aliphatic rings. The third-order valence-electron chi connectivity index (χ3n) is 12.1. The SMILES string of the molecule is CC1=C2C=C[C@]3(C)[C@H]([C@H](O)C[C@@H]4[C@@]5(C)CC[C@H](O)C(C)(C)[C@@H]5CC[C@]43C)[C@@]2(C)CC1. The van der Waals surface area contributed by atoms with Crippen molar-refractivity contribution in [3.8, 4) is 0 Å². The van der Waals surface area contributed by atoms with E-state index in [9.17, 15) is 10.2 Å². The molecule has 3 saturated carbocycles. The molecule has 2 N–H and O–H groups in total. The van der Waals surface area contributed by atoms with Crippen LogP contribution in [0.25, 0.3) is 0 Å². The molecule has 9 atom stereocenters. The van der Waals surface area contributed by atoms with Crippen molar-refractivity contribution in [3.63, 3.8) is 0 Å². The Hall–Kier alpha value is -0.600. The van der Waals surface area contributed by atoms with Gasteiger partial charge in [-0.3, -0.25) is 0 Å². The zero-order valence-corrected chi connectivity index (χ0v) is 20.4. The highest BCUT2D eigenvalue weighted by atomic mass is 16.3. The first-order valence-corrected chi connectivity index (χ1v) is 12.6. The molecule has 0 amide bonds. The molecular weight excluding hydrogens is 368 g/mol. The molecule has 0 aliphatic heterocycles. The molecule has 0 aromatic carbocycles. The van der Waals surface area contributed by atoms with Gasteiger partial charge < -0.3 is 10.2 Å². The second-order valence-electron chi connectivity index (χ2n) is 13.5. The van der Waals surface area contributed by atoms with E-state index in [1.807, 2.05) is 0 Å². The molecule has 0 aromatic rings. The lowest BCUT2D eigenvalue weighted by Crippen LogP contribution is -2.68. The van der Waals surface area contributed by atoms with Crippen LogP contribution >= 0.6 is 0 Å². The normalized spacial score (nSPS) is 56.8. The molecule has 0 radical (unpaired) electrons. The molecule has 2 nitrogen and oxygen atoms in total. The molecule has 0 heterocycles. The molecule has 5 aliphatic carbocycles. The summed E-state index contributed by atoms with van der Waals surface area (Å²) in [5.41, 5.74) is 3.54. The summed E-state index contributed by atoms with van der Waals surface area (Å²) in [6.07, 6.45) is 12.3. The molecule has 3 fully saturated rings. The van der Waals surface area contributed by atoms with Gasteiger partial charge in [0.1, 0.15) is 0 Å². The number of aliphatic hydroxyl groups is 2. The van der Waals surface area contributed by atoms with Gasteiger partial charge in [-0.1, -0.05) is 59.3 Å². The van der Waals surface area contributed by atoms with Crippen LogP contribution in [0.3, 0.4) is 0 Å². The Balaban J connectivity index is 1.63. The summed E-state index contributed by atoms with van der Waals surface area (Å²) >= 11 is 0. The quantitative estimate of drug-likeness (QED) is 0.491. The first-order valence-electron chi connectivity index (χ1n) is 12.6. The van der Waals surface area contributed by atoms with E-state index in [1.54, 1.807) is 0 Å². The highest BCUT2D eigenvalue weighted by molar-refractivity contribution is 5.43. The van der Waals surface area contributed by atoms with Crippen LogP contribution in [0, 0.1) is 44.8 Å². The van der Waals surface area contributed by atoms with Crippen molar-refractivity contribution in [1.29, 1.82) is 0 Å². The van der Waals surface area contributed by atoms with E-state index in [4.69, 9.17) is 0 Å². The van der Waals surface area contributed by atoms with Crippen LogP contribution in [-0.2, 0) is 0 Å². The van der Waals surface area contributed by atoms with Crippen LogP contribution in [0.4, 0.5) is 0 Å². The fourth-order valence-electron chi connectivity index (χ4n) is 10.3. The summed E-state index contributed by atoms with van der Waals surface area (Å²) < 4.78 is 0. The zero-order chi connectivity index (χ0) is 21.9. The summed E-state index contributed by atoms with van der Waals surface area (Å²) in [6.45, 7) is 16.9. The van der Waals surface area contributed by atoms with Crippen molar-refractivity contribution in [3.05, 3.63) is 23.3 Å². The lowest BCUT2D eigenvalue weighted by molar-refractivity contribution is -0.245. The Bertz CT molecular complexity index is 822. The van der Waals surface area contributed by atoms with Gasteiger partial charge >= 0.3 is 0 Å². The average molecular weight is 413 g/mol. The molecule has 30 heavy (non-hydrogen) atoms. The number of allylic oxidation sites excluding steroid dienone is 4. The Labute approximate surface area is 184 Å². The van der Waals surface area contributed by atoms with Gasteiger partial charge in [0.15, 0.2) is 0 Å². The maximum atomic E-state index is 11.8. The Morgan fingerprint density at radius 2 is 1.60 bits per heavy atom. The molecule has 168 valence electrons. The van der Waals surface area contributed by atoms with Crippen molar-refractivity contribution in [2.24, 2.45) is 44.8 Å². The molecule has 2 heteroatoms. The standard InChI is InChI=1S/C28H44O2/c1-17-8-12-25(4)18(17)9-14-28(7)23(25)19(29)16-21-26(5)13-11-22(30)24(2,3)20(26)10-15-27(21,28)6/h9,14,19-23,29-30H,8,10-13,15-16H2,1-7H3/t19-,20+,21-,22+,23-,25+,26+,27-,28-/m1/s1. The van der Waals surface area contributed by atoms with Gasteiger partial charge in [0, 0.05) is 5.92 Å². The van der Waals surface area contributed by atoms with Crippen molar-refractivity contribution in [2.45, 2.75) is 106 Å². The van der Waals surface area contributed by atoms with E-state index in [0.717, 1.165) is 19.3 Å².